The lowest BCUT2D eigenvalue weighted by Gasteiger charge is -2.42. The normalized spacial score (nSPS) is 21.6. The second-order valence-electron chi connectivity index (χ2n) is 6.57. The fraction of sp³-hybridized carbons (Fsp3) is 0.444. The Morgan fingerprint density at radius 3 is 2.83 bits per heavy atom. The summed E-state index contributed by atoms with van der Waals surface area (Å²) in [6, 6.07) is 12.5. The molecule has 1 saturated heterocycles. The van der Waals surface area contributed by atoms with E-state index < -0.39 is 0 Å². The summed E-state index contributed by atoms with van der Waals surface area (Å²) < 4.78 is 0. The molecule has 2 aromatic rings. The van der Waals surface area contributed by atoms with Gasteiger partial charge in [0.15, 0.2) is 5.15 Å². The third kappa shape index (κ3) is 3.79. The van der Waals surface area contributed by atoms with E-state index in [-0.39, 0.29) is 5.56 Å². The van der Waals surface area contributed by atoms with Gasteiger partial charge in [0.1, 0.15) is 5.69 Å². The molecule has 2 atom stereocenters. The summed E-state index contributed by atoms with van der Waals surface area (Å²) in [5.74, 6) is 0.457. The molecule has 0 saturated carbocycles. The maximum absolute atomic E-state index is 12.0. The SMILES string of the molecule is CC1CN(Cc2ccccc2)CCC1N(C)c1cc(Cl)n[nH]c1=O. The quantitative estimate of drug-likeness (QED) is 0.925. The Bertz CT molecular complexity index is 733. The maximum Gasteiger partial charge on any atom is 0.287 e. The molecule has 1 aliphatic rings. The minimum atomic E-state index is -0.194. The van der Waals surface area contributed by atoms with Gasteiger partial charge in [0.2, 0.25) is 0 Å². The Morgan fingerprint density at radius 2 is 2.12 bits per heavy atom. The molecule has 128 valence electrons. The van der Waals surface area contributed by atoms with Crippen molar-refractivity contribution in [3.63, 3.8) is 0 Å². The summed E-state index contributed by atoms with van der Waals surface area (Å²) in [4.78, 5) is 16.6. The fourth-order valence-corrected chi connectivity index (χ4v) is 3.74. The first-order chi connectivity index (χ1) is 11.5. The number of anilines is 1. The molecule has 2 unspecified atom stereocenters. The van der Waals surface area contributed by atoms with Gasteiger partial charge in [0.25, 0.3) is 5.56 Å². The van der Waals surface area contributed by atoms with E-state index in [0.29, 0.717) is 22.8 Å². The van der Waals surface area contributed by atoms with Gasteiger partial charge in [-0.1, -0.05) is 48.9 Å². The number of aromatic nitrogens is 2. The predicted octanol–water partition coefficient (Wildman–Crippen LogP) is 2.77. The highest BCUT2D eigenvalue weighted by Crippen LogP contribution is 2.25. The fourth-order valence-electron chi connectivity index (χ4n) is 3.59. The third-order valence-electron chi connectivity index (χ3n) is 4.82. The van der Waals surface area contributed by atoms with E-state index in [1.807, 2.05) is 13.1 Å². The molecule has 1 N–H and O–H groups in total. The van der Waals surface area contributed by atoms with Crippen molar-refractivity contribution < 1.29 is 0 Å². The van der Waals surface area contributed by atoms with Crippen LogP contribution in [0.25, 0.3) is 0 Å². The Balaban J connectivity index is 1.67. The molecule has 0 spiro atoms. The monoisotopic (exact) mass is 346 g/mol. The van der Waals surface area contributed by atoms with E-state index in [9.17, 15) is 4.79 Å². The average Bonchev–Trinajstić information content (AvgIpc) is 2.57. The Morgan fingerprint density at radius 1 is 1.38 bits per heavy atom. The lowest BCUT2D eigenvalue weighted by atomic mass is 9.92. The van der Waals surface area contributed by atoms with E-state index in [0.717, 1.165) is 26.1 Å². The number of likely N-dealkylation sites (tertiary alicyclic amines) is 1. The lowest BCUT2D eigenvalue weighted by molar-refractivity contribution is 0.155. The van der Waals surface area contributed by atoms with Crippen LogP contribution in [0.4, 0.5) is 5.69 Å². The molecule has 0 radical (unpaired) electrons. The topological polar surface area (TPSA) is 52.2 Å². The number of benzene rings is 1. The second-order valence-corrected chi connectivity index (χ2v) is 6.96. The van der Waals surface area contributed by atoms with Crippen molar-refractivity contribution in [2.24, 2.45) is 5.92 Å². The lowest BCUT2D eigenvalue weighted by Crippen LogP contribution is -2.49. The van der Waals surface area contributed by atoms with Crippen LogP contribution in [-0.2, 0) is 6.54 Å². The Hall–Kier alpha value is -1.85. The molecule has 1 aromatic carbocycles. The molecular formula is C18H23ClN4O. The molecule has 0 amide bonds. The molecule has 5 nitrogen and oxygen atoms in total. The zero-order valence-corrected chi connectivity index (χ0v) is 14.8. The van der Waals surface area contributed by atoms with Crippen LogP contribution in [-0.4, -0.2) is 41.3 Å². The minimum absolute atomic E-state index is 0.194. The zero-order valence-electron chi connectivity index (χ0n) is 14.1. The van der Waals surface area contributed by atoms with Crippen LogP contribution in [0.3, 0.4) is 0 Å². The molecule has 1 aromatic heterocycles. The van der Waals surface area contributed by atoms with E-state index in [1.54, 1.807) is 6.07 Å². The smallest absolute Gasteiger partial charge is 0.287 e. The first-order valence-corrected chi connectivity index (χ1v) is 8.66. The number of rotatable bonds is 4. The highest BCUT2D eigenvalue weighted by molar-refractivity contribution is 6.29. The standard InChI is InChI=1S/C18H23ClN4O/c1-13-11-23(12-14-6-4-3-5-7-14)9-8-15(13)22(2)16-10-17(19)20-21-18(16)24/h3-7,10,13,15H,8-9,11-12H2,1-2H3,(H,21,24). The van der Waals surface area contributed by atoms with Gasteiger partial charge in [0, 0.05) is 38.8 Å². The molecule has 2 heterocycles. The summed E-state index contributed by atoms with van der Waals surface area (Å²) in [6.07, 6.45) is 1.02. The van der Waals surface area contributed by atoms with Gasteiger partial charge in [-0.3, -0.25) is 9.69 Å². The van der Waals surface area contributed by atoms with E-state index in [4.69, 9.17) is 11.6 Å². The maximum atomic E-state index is 12.0. The second kappa shape index (κ2) is 7.36. The van der Waals surface area contributed by atoms with Crippen molar-refractivity contribution >= 4 is 17.3 Å². The summed E-state index contributed by atoms with van der Waals surface area (Å²) in [7, 11) is 1.97. The van der Waals surface area contributed by atoms with Crippen molar-refractivity contribution in [3.05, 3.63) is 57.5 Å². The molecule has 3 rings (SSSR count). The number of H-pyrrole nitrogens is 1. The Labute approximate surface area is 147 Å². The van der Waals surface area contributed by atoms with Gasteiger partial charge < -0.3 is 4.90 Å². The first-order valence-electron chi connectivity index (χ1n) is 8.29. The van der Waals surface area contributed by atoms with Crippen molar-refractivity contribution in [1.82, 2.24) is 15.1 Å². The van der Waals surface area contributed by atoms with Gasteiger partial charge in [0.05, 0.1) is 0 Å². The van der Waals surface area contributed by atoms with Crippen LogP contribution >= 0.6 is 11.6 Å². The first kappa shape index (κ1) is 17.0. The number of nitrogens with zero attached hydrogens (tertiary/aromatic N) is 3. The van der Waals surface area contributed by atoms with Crippen LogP contribution in [0, 0.1) is 5.92 Å². The highest BCUT2D eigenvalue weighted by atomic mass is 35.5. The van der Waals surface area contributed by atoms with Gasteiger partial charge in [-0.15, -0.1) is 0 Å². The largest absolute Gasteiger partial charge is 0.367 e. The van der Waals surface area contributed by atoms with Crippen LogP contribution in [0.15, 0.2) is 41.2 Å². The van der Waals surface area contributed by atoms with E-state index in [2.05, 4.69) is 51.2 Å². The van der Waals surface area contributed by atoms with E-state index >= 15 is 0 Å². The van der Waals surface area contributed by atoms with E-state index in [1.165, 1.54) is 5.56 Å². The predicted molar refractivity (Wildman–Crippen MR) is 97.6 cm³/mol. The summed E-state index contributed by atoms with van der Waals surface area (Å²) in [6.45, 7) is 5.25. The van der Waals surface area contributed by atoms with Gasteiger partial charge in [-0.05, 0) is 17.9 Å². The summed E-state index contributed by atoms with van der Waals surface area (Å²) >= 11 is 5.93. The van der Waals surface area contributed by atoms with Crippen LogP contribution < -0.4 is 10.5 Å². The van der Waals surface area contributed by atoms with Crippen molar-refractivity contribution in [1.29, 1.82) is 0 Å². The molecule has 24 heavy (non-hydrogen) atoms. The van der Waals surface area contributed by atoms with Crippen molar-refractivity contribution in [2.45, 2.75) is 25.9 Å². The number of aromatic amines is 1. The zero-order chi connectivity index (χ0) is 17.1. The molecule has 1 fully saturated rings. The van der Waals surface area contributed by atoms with Crippen LogP contribution in [0.5, 0.6) is 0 Å². The number of nitrogens with one attached hydrogen (secondary N) is 1. The van der Waals surface area contributed by atoms with Crippen LogP contribution in [0.1, 0.15) is 18.9 Å². The van der Waals surface area contributed by atoms with Crippen molar-refractivity contribution in [2.75, 3.05) is 25.0 Å². The number of hydrogen-bond donors (Lipinski definition) is 1. The number of piperidine rings is 1. The number of hydrogen-bond acceptors (Lipinski definition) is 4. The average molecular weight is 347 g/mol. The minimum Gasteiger partial charge on any atom is -0.367 e. The molecule has 6 heteroatoms. The van der Waals surface area contributed by atoms with Crippen molar-refractivity contribution in [3.8, 4) is 0 Å². The summed E-state index contributed by atoms with van der Waals surface area (Å²) in [5, 5.41) is 6.50. The summed E-state index contributed by atoms with van der Waals surface area (Å²) in [5.41, 5.74) is 1.73. The van der Waals surface area contributed by atoms with Gasteiger partial charge >= 0.3 is 0 Å². The molecule has 0 aliphatic carbocycles. The van der Waals surface area contributed by atoms with Gasteiger partial charge in [-0.25, -0.2) is 5.10 Å². The molecule has 0 bridgehead atoms. The Kier molecular flexibility index (Phi) is 5.21. The van der Waals surface area contributed by atoms with Gasteiger partial charge in [-0.2, -0.15) is 5.10 Å². The molecular weight excluding hydrogens is 324 g/mol. The third-order valence-corrected chi connectivity index (χ3v) is 5.02. The van der Waals surface area contributed by atoms with Crippen LogP contribution in [0.2, 0.25) is 5.15 Å². The highest BCUT2D eigenvalue weighted by Gasteiger charge is 2.30. The molecule has 1 aliphatic heterocycles. The number of halogens is 1.